The molecule has 2 aromatic heterocycles. The maximum atomic E-state index is 13.1. The minimum Gasteiger partial charge on any atom is -0.291 e. The monoisotopic (exact) mass is 314 g/mol. The van der Waals surface area contributed by atoms with Crippen LogP contribution in [0, 0.1) is 5.82 Å². The van der Waals surface area contributed by atoms with E-state index in [0.29, 0.717) is 12.1 Å². The normalized spacial score (nSPS) is 12.5. The first-order chi connectivity index (χ1) is 11.0. The number of halogens is 1. The van der Waals surface area contributed by atoms with Crippen LogP contribution >= 0.6 is 0 Å². The number of benzene rings is 1. The molecule has 0 saturated carbocycles. The molecule has 3 rings (SSSR count). The highest BCUT2D eigenvalue weighted by atomic mass is 19.1. The molecule has 0 aliphatic heterocycles. The van der Waals surface area contributed by atoms with Crippen LogP contribution < -0.4 is 11.2 Å². The lowest BCUT2D eigenvalue weighted by atomic mass is 10.0. The Hall–Kier alpha value is -2.83. The summed E-state index contributed by atoms with van der Waals surface area (Å²) >= 11 is 0. The smallest absolute Gasteiger partial charge is 0.291 e. The second-order valence-corrected chi connectivity index (χ2v) is 5.27. The summed E-state index contributed by atoms with van der Waals surface area (Å²) in [7, 11) is 1.52. The Morgan fingerprint density at radius 2 is 1.87 bits per heavy atom. The van der Waals surface area contributed by atoms with Crippen molar-refractivity contribution in [1.29, 1.82) is 0 Å². The van der Waals surface area contributed by atoms with Gasteiger partial charge in [0, 0.05) is 13.2 Å². The largest absolute Gasteiger partial charge is 0.348 e. The molecular weight excluding hydrogens is 299 g/mol. The van der Waals surface area contributed by atoms with Gasteiger partial charge < -0.3 is 0 Å². The van der Waals surface area contributed by atoms with Crippen molar-refractivity contribution in [1.82, 2.24) is 19.1 Å². The van der Waals surface area contributed by atoms with Gasteiger partial charge in [0.2, 0.25) is 0 Å². The molecule has 118 valence electrons. The average molecular weight is 314 g/mol. The van der Waals surface area contributed by atoms with E-state index >= 15 is 0 Å². The molecule has 0 aliphatic rings. The van der Waals surface area contributed by atoms with Crippen molar-refractivity contribution in [2.24, 2.45) is 7.05 Å². The lowest BCUT2D eigenvalue weighted by Crippen LogP contribution is -2.29. The second-order valence-electron chi connectivity index (χ2n) is 5.27. The molecule has 1 aromatic carbocycles. The van der Waals surface area contributed by atoms with Gasteiger partial charge in [-0.05, 0) is 24.1 Å². The van der Waals surface area contributed by atoms with E-state index in [-0.39, 0.29) is 22.8 Å². The summed E-state index contributed by atoms with van der Waals surface area (Å²) in [5, 5.41) is 0.273. The number of rotatable bonds is 3. The number of nitrogens with zero attached hydrogens (tertiary/aromatic N) is 4. The average Bonchev–Trinajstić information content (AvgIpc) is 2.55. The van der Waals surface area contributed by atoms with Gasteiger partial charge in [-0.25, -0.2) is 19.2 Å². The van der Waals surface area contributed by atoms with Crippen molar-refractivity contribution in [2.75, 3.05) is 0 Å². The Balaban J connectivity index is 2.21. The van der Waals surface area contributed by atoms with Gasteiger partial charge >= 0.3 is 5.69 Å². The van der Waals surface area contributed by atoms with Crippen LogP contribution in [0.25, 0.3) is 11.0 Å². The molecule has 0 spiro atoms. The highest BCUT2D eigenvalue weighted by molar-refractivity contribution is 5.72. The van der Waals surface area contributed by atoms with Crippen LogP contribution in [0.2, 0.25) is 0 Å². The van der Waals surface area contributed by atoms with Crippen LogP contribution in [0.5, 0.6) is 0 Å². The highest BCUT2D eigenvalue weighted by Crippen LogP contribution is 2.21. The zero-order valence-corrected chi connectivity index (χ0v) is 12.7. The van der Waals surface area contributed by atoms with Gasteiger partial charge in [0.05, 0.1) is 6.04 Å². The van der Waals surface area contributed by atoms with Crippen molar-refractivity contribution >= 4 is 11.0 Å². The van der Waals surface area contributed by atoms with Crippen LogP contribution in [0.1, 0.15) is 24.9 Å². The van der Waals surface area contributed by atoms with Crippen molar-refractivity contribution in [3.05, 3.63) is 69.0 Å². The van der Waals surface area contributed by atoms with Crippen LogP contribution in [0.15, 0.2) is 46.4 Å². The molecule has 6 nitrogen and oxygen atoms in total. The van der Waals surface area contributed by atoms with Gasteiger partial charge in [-0.1, -0.05) is 19.1 Å². The molecule has 23 heavy (non-hydrogen) atoms. The number of hydrogen-bond acceptors (Lipinski definition) is 4. The van der Waals surface area contributed by atoms with E-state index < -0.39 is 5.69 Å². The Bertz CT molecular complexity index is 976. The van der Waals surface area contributed by atoms with Crippen LogP contribution in [0.3, 0.4) is 0 Å². The van der Waals surface area contributed by atoms with Gasteiger partial charge in [-0.15, -0.1) is 0 Å². The van der Waals surface area contributed by atoms with E-state index in [2.05, 4.69) is 9.97 Å². The summed E-state index contributed by atoms with van der Waals surface area (Å²) < 4.78 is 15.8. The van der Waals surface area contributed by atoms with E-state index in [0.717, 1.165) is 5.56 Å². The molecule has 0 unspecified atom stereocenters. The standard InChI is InChI=1S/C16H15FN4O2/c1-3-13(10-4-6-11(17)7-5-10)21-9-19-14-12(15(21)22)8-18-16(23)20(14)2/h4-9,13H,3H2,1-2H3/t13-/m0/s1. The van der Waals surface area contributed by atoms with Crippen molar-refractivity contribution < 1.29 is 4.39 Å². The van der Waals surface area contributed by atoms with Gasteiger partial charge in [-0.2, -0.15) is 0 Å². The minimum atomic E-state index is -0.465. The van der Waals surface area contributed by atoms with E-state index in [1.54, 1.807) is 12.1 Å². The molecule has 0 fully saturated rings. The fourth-order valence-electron chi connectivity index (χ4n) is 2.65. The molecule has 0 bridgehead atoms. The molecule has 1 atom stereocenters. The maximum Gasteiger partial charge on any atom is 0.348 e. The summed E-state index contributed by atoms with van der Waals surface area (Å²) in [6, 6.07) is 5.77. The second kappa shape index (κ2) is 5.75. The third-order valence-corrected chi connectivity index (χ3v) is 3.90. The molecule has 0 amide bonds. The fraction of sp³-hybridized carbons (Fsp3) is 0.250. The minimum absolute atomic E-state index is 0.266. The van der Waals surface area contributed by atoms with Crippen molar-refractivity contribution in [3.8, 4) is 0 Å². The van der Waals surface area contributed by atoms with E-state index in [1.807, 2.05) is 6.92 Å². The number of aryl methyl sites for hydroxylation is 1. The Kier molecular flexibility index (Phi) is 3.77. The molecule has 0 radical (unpaired) electrons. The first-order valence-corrected chi connectivity index (χ1v) is 7.21. The molecular formula is C16H15FN4O2. The van der Waals surface area contributed by atoms with E-state index in [9.17, 15) is 14.0 Å². The molecule has 0 saturated heterocycles. The molecule has 7 heteroatoms. The third-order valence-electron chi connectivity index (χ3n) is 3.90. The maximum absolute atomic E-state index is 13.1. The first kappa shape index (κ1) is 15.1. The number of aromatic nitrogens is 4. The van der Waals surface area contributed by atoms with Crippen LogP contribution in [-0.2, 0) is 7.05 Å². The SMILES string of the molecule is CC[C@@H](c1ccc(F)cc1)n1cnc2c(cnc(=O)n2C)c1=O. The Morgan fingerprint density at radius 1 is 1.17 bits per heavy atom. The summed E-state index contributed by atoms with van der Waals surface area (Å²) in [5.41, 5.74) is 0.358. The number of fused-ring (bicyclic) bond motifs is 1. The summed E-state index contributed by atoms with van der Waals surface area (Å²) in [6.45, 7) is 1.93. The molecule has 2 heterocycles. The summed E-state index contributed by atoms with van der Waals surface area (Å²) in [5.74, 6) is -0.327. The summed E-state index contributed by atoms with van der Waals surface area (Å²) in [6.07, 6.45) is 3.31. The third kappa shape index (κ3) is 2.54. The van der Waals surface area contributed by atoms with Gasteiger partial charge in [0.1, 0.15) is 17.5 Å². The fourth-order valence-corrected chi connectivity index (χ4v) is 2.65. The number of hydrogen-bond donors (Lipinski definition) is 0. The quantitative estimate of drug-likeness (QED) is 0.737. The van der Waals surface area contributed by atoms with Crippen molar-refractivity contribution in [2.45, 2.75) is 19.4 Å². The predicted molar refractivity (Wildman–Crippen MR) is 83.9 cm³/mol. The Morgan fingerprint density at radius 3 is 2.52 bits per heavy atom. The predicted octanol–water partition coefficient (Wildman–Crippen LogP) is 1.63. The zero-order valence-electron chi connectivity index (χ0n) is 12.7. The van der Waals surface area contributed by atoms with Gasteiger partial charge in [-0.3, -0.25) is 13.9 Å². The lowest BCUT2D eigenvalue weighted by molar-refractivity contribution is 0.540. The van der Waals surface area contributed by atoms with Gasteiger partial charge in [0.15, 0.2) is 5.65 Å². The first-order valence-electron chi connectivity index (χ1n) is 7.21. The summed E-state index contributed by atoms with van der Waals surface area (Å²) in [4.78, 5) is 32.2. The highest BCUT2D eigenvalue weighted by Gasteiger charge is 2.16. The topological polar surface area (TPSA) is 69.8 Å². The van der Waals surface area contributed by atoms with E-state index in [1.165, 1.54) is 40.8 Å². The molecule has 0 aliphatic carbocycles. The van der Waals surface area contributed by atoms with E-state index in [4.69, 9.17) is 0 Å². The molecule has 0 N–H and O–H groups in total. The zero-order chi connectivity index (χ0) is 16.6. The Labute approximate surface area is 130 Å². The molecule has 3 aromatic rings. The van der Waals surface area contributed by atoms with Gasteiger partial charge in [0.25, 0.3) is 5.56 Å². The van der Waals surface area contributed by atoms with Crippen molar-refractivity contribution in [3.63, 3.8) is 0 Å². The lowest BCUT2D eigenvalue weighted by Gasteiger charge is -2.19. The van der Waals surface area contributed by atoms with Crippen LogP contribution in [-0.4, -0.2) is 19.1 Å². The van der Waals surface area contributed by atoms with Crippen LogP contribution in [0.4, 0.5) is 4.39 Å².